The molecular formula is C19H18N2OS2. The third kappa shape index (κ3) is 4.19. The first-order chi connectivity index (χ1) is 11.8. The fourth-order valence-electron chi connectivity index (χ4n) is 2.39. The van der Waals surface area contributed by atoms with Gasteiger partial charge < -0.3 is 4.90 Å². The SMILES string of the molecule is C=CCN(Cc1cccs1)C(=O)c1csc(Cc2ccccc2)n1. The number of amides is 1. The van der Waals surface area contributed by atoms with Crippen molar-refractivity contribution in [2.24, 2.45) is 0 Å². The van der Waals surface area contributed by atoms with E-state index in [-0.39, 0.29) is 5.91 Å². The molecule has 0 saturated carbocycles. The van der Waals surface area contributed by atoms with Gasteiger partial charge in [0.25, 0.3) is 5.91 Å². The van der Waals surface area contributed by atoms with E-state index >= 15 is 0 Å². The minimum Gasteiger partial charge on any atom is -0.328 e. The second kappa shape index (κ2) is 8.04. The highest BCUT2D eigenvalue weighted by Gasteiger charge is 2.18. The van der Waals surface area contributed by atoms with E-state index in [0.29, 0.717) is 18.8 Å². The van der Waals surface area contributed by atoms with Gasteiger partial charge in [-0.2, -0.15) is 0 Å². The summed E-state index contributed by atoms with van der Waals surface area (Å²) in [7, 11) is 0. The summed E-state index contributed by atoms with van der Waals surface area (Å²) >= 11 is 3.19. The Morgan fingerprint density at radius 2 is 2.00 bits per heavy atom. The van der Waals surface area contributed by atoms with E-state index in [1.807, 2.05) is 41.1 Å². The molecule has 3 rings (SSSR count). The molecule has 5 heteroatoms. The number of nitrogens with zero attached hydrogens (tertiary/aromatic N) is 2. The highest BCUT2D eigenvalue weighted by molar-refractivity contribution is 7.10. The fourth-order valence-corrected chi connectivity index (χ4v) is 3.91. The maximum Gasteiger partial charge on any atom is 0.273 e. The average Bonchev–Trinajstić information content (AvgIpc) is 3.27. The summed E-state index contributed by atoms with van der Waals surface area (Å²) in [6, 6.07) is 14.2. The van der Waals surface area contributed by atoms with Crippen molar-refractivity contribution in [2.45, 2.75) is 13.0 Å². The summed E-state index contributed by atoms with van der Waals surface area (Å²) in [5.74, 6) is -0.0427. The van der Waals surface area contributed by atoms with E-state index in [4.69, 9.17) is 0 Å². The first kappa shape index (κ1) is 16.6. The van der Waals surface area contributed by atoms with Crippen LogP contribution in [0.2, 0.25) is 0 Å². The first-order valence-corrected chi connectivity index (χ1v) is 9.43. The number of hydrogen-bond acceptors (Lipinski definition) is 4. The summed E-state index contributed by atoms with van der Waals surface area (Å²) in [5.41, 5.74) is 1.72. The Kier molecular flexibility index (Phi) is 5.56. The van der Waals surface area contributed by atoms with Gasteiger partial charge in [-0.25, -0.2) is 4.98 Å². The van der Waals surface area contributed by atoms with Crippen molar-refractivity contribution in [3.63, 3.8) is 0 Å². The van der Waals surface area contributed by atoms with Crippen molar-refractivity contribution in [2.75, 3.05) is 6.54 Å². The summed E-state index contributed by atoms with van der Waals surface area (Å²) in [5, 5.41) is 4.83. The molecule has 1 amide bonds. The summed E-state index contributed by atoms with van der Waals surface area (Å²) < 4.78 is 0. The molecule has 1 aromatic carbocycles. The molecule has 0 spiro atoms. The third-order valence-corrected chi connectivity index (χ3v) is 5.24. The lowest BCUT2D eigenvalue weighted by Crippen LogP contribution is -2.30. The minimum atomic E-state index is -0.0427. The van der Waals surface area contributed by atoms with Gasteiger partial charge in [0.15, 0.2) is 0 Å². The summed E-state index contributed by atoms with van der Waals surface area (Å²) in [6.45, 7) is 4.87. The van der Waals surface area contributed by atoms with Crippen LogP contribution in [0.1, 0.15) is 25.9 Å². The van der Waals surface area contributed by atoms with Crippen LogP contribution in [0.5, 0.6) is 0 Å². The van der Waals surface area contributed by atoms with Crippen LogP contribution >= 0.6 is 22.7 Å². The van der Waals surface area contributed by atoms with Gasteiger partial charge >= 0.3 is 0 Å². The maximum absolute atomic E-state index is 12.8. The molecule has 0 fully saturated rings. The van der Waals surface area contributed by atoms with E-state index in [1.165, 1.54) is 16.9 Å². The number of rotatable bonds is 7. The van der Waals surface area contributed by atoms with Crippen molar-refractivity contribution < 1.29 is 4.79 Å². The van der Waals surface area contributed by atoms with E-state index in [0.717, 1.165) is 16.3 Å². The summed E-state index contributed by atoms with van der Waals surface area (Å²) in [6.07, 6.45) is 2.51. The third-order valence-electron chi connectivity index (χ3n) is 3.53. The zero-order chi connectivity index (χ0) is 16.8. The van der Waals surface area contributed by atoms with Crippen LogP contribution in [0.4, 0.5) is 0 Å². The normalized spacial score (nSPS) is 10.5. The van der Waals surface area contributed by atoms with Crippen LogP contribution in [0.15, 0.2) is 65.9 Å². The largest absolute Gasteiger partial charge is 0.328 e. The molecular weight excluding hydrogens is 336 g/mol. The van der Waals surface area contributed by atoms with Gasteiger partial charge in [0, 0.05) is 23.2 Å². The lowest BCUT2D eigenvalue weighted by Gasteiger charge is -2.19. The molecule has 0 aliphatic carbocycles. The van der Waals surface area contributed by atoms with Gasteiger partial charge in [-0.3, -0.25) is 4.79 Å². The summed E-state index contributed by atoms with van der Waals surface area (Å²) in [4.78, 5) is 20.2. The zero-order valence-corrected chi connectivity index (χ0v) is 14.9. The van der Waals surface area contributed by atoms with Gasteiger partial charge in [-0.05, 0) is 17.0 Å². The smallest absolute Gasteiger partial charge is 0.273 e. The molecule has 0 saturated heterocycles. The van der Waals surface area contributed by atoms with Gasteiger partial charge in [0.05, 0.1) is 11.6 Å². The average molecular weight is 355 g/mol. The molecule has 3 nitrogen and oxygen atoms in total. The number of benzene rings is 1. The first-order valence-electron chi connectivity index (χ1n) is 7.67. The number of carbonyl (C=O) groups is 1. The molecule has 0 aliphatic rings. The Labute approximate surface area is 149 Å². The highest BCUT2D eigenvalue weighted by atomic mass is 32.1. The van der Waals surface area contributed by atoms with E-state index in [2.05, 4.69) is 23.7 Å². The van der Waals surface area contributed by atoms with Crippen molar-refractivity contribution in [1.82, 2.24) is 9.88 Å². The van der Waals surface area contributed by atoms with Crippen LogP contribution in [0.25, 0.3) is 0 Å². The highest BCUT2D eigenvalue weighted by Crippen LogP contribution is 2.18. The van der Waals surface area contributed by atoms with Gasteiger partial charge in [-0.15, -0.1) is 29.3 Å². The Morgan fingerprint density at radius 3 is 2.71 bits per heavy atom. The predicted octanol–water partition coefficient (Wildman–Crippen LogP) is 4.62. The van der Waals surface area contributed by atoms with Gasteiger partial charge in [0.2, 0.25) is 0 Å². The standard InChI is InChI=1S/C19H18N2OS2/c1-2-10-21(13-16-9-6-11-23-16)19(22)17-14-24-18(20-17)12-15-7-4-3-5-8-15/h2-9,11,14H,1,10,12-13H2. The molecule has 2 aromatic heterocycles. The second-order valence-corrected chi connectivity index (χ2v) is 7.32. The molecule has 0 radical (unpaired) electrons. The minimum absolute atomic E-state index is 0.0427. The fraction of sp³-hybridized carbons (Fsp3) is 0.158. The molecule has 0 N–H and O–H groups in total. The molecule has 0 atom stereocenters. The molecule has 0 aliphatic heterocycles. The lowest BCUT2D eigenvalue weighted by molar-refractivity contribution is 0.0759. The van der Waals surface area contributed by atoms with Crippen molar-refractivity contribution in [3.05, 3.63) is 87.0 Å². The molecule has 3 aromatic rings. The predicted molar refractivity (Wildman–Crippen MR) is 101 cm³/mol. The van der Waals surface area contributed by atoms with Crippen LogP contribution in [-0.2, 0) is 13.0 Å². The van der Waals surface area contributed by atoms with Crippen LogP contribution in [-0.4, -0.2) is 22.3 Å². The van der Waals surface area contributed by atoms with Gasteiger partial charge in [-0.1, -0.05) is 42.5 Å². The van der Waals surface area contributed by atoms with E-state index < -0.39 is 0 Å². The molecule has 0 bridgehead atoms. The Bertz CT molecular complexity index is 794. The maximum atomic E-state index is 12.8. The van der Waals surface area contributed by atoms with Crippen LogP contribution in [0.3, 0.4) is 0 Å². The van der Waals surface area contributed by atoms with Crippen LogP contribution in [0, 0.1) is 0 Å². The van der Waals surface area contributed by atoms with Crippen molar-refractivity contribution in [1.29, 1.82) is 0 Å². The number of carbonyl (C=O) groups excluding carboxylic acids is 1. The van der Waals surface area contributed by atoms with E-state index in [9.17, 15) is 4.79 Å². The number of hydrogen-bond donors (Lipinski definition) is 0. The second-order valence-electron chi connectivity index (χ2n) is 5.34. The van der Waals surface area contributed by atoms with E-state index in [1.54, 1.807) is 22.3 Å². The molecule has 2 heterocycles. The number of thiophene rings is 1. The van der Waals surface area contributed by atoms with Crippen molar-refractivity contribution in [3.8, 4) is 0 Å². The Hall–Kier alpha value is -2.24. The quantitative estimate of drug-likeness (QED) is 0.580. The molecule has 0 unspecified atom stereocenters. The molecule has 122 valence electrons. The lowest BCUT2D eigenvalue weighted by atomic mass is 10.2. The van der Waals surface area contributed by atoms with Crippen LogP contribution < -0.4 is 0 Å². The molecule has 24 heavy (non-hydrogen) atoms. The Balaban J connectivity index is 1.72. The number of aromatic nitrogens is 1. The zero-order valence-electron chi connectivity index (χ0n) is 13.2. The Morgan fingerprint density at radius 1 is 1.17 bits per heavy atom. The van der Waals surface area contributed by atoms with Crippen molar-refractivity contribution >= 4 is 28.6 Å². The number of thiazole rings is 1. The van der Waals surface area contributed by atoms with Gasteiger partial charge in [0.1, 0.15) is 5.69 Å². The topological polar surface area (TPSA) is 33.2 Å². The monoisotopic (exact) mass is 354 g/mol.